The van der Waals surface area contributed by atoms with Crippen molar-refractivity contribution in [2.45, 2.75) is 19.4 Å². The van der Waals surface area contributed by atoms with E-state index in [-0.39, 0.29) is 5.82 Å². The molecule has 0 fully saturated rings. The molecule has 96 valence electrons. The number of likely N-dealkylation sites (N-methyl/N-ethyl adjacent to an activating group) is 1. The van der Waals surface area contributed by atoms with E-state index in [0.717, 1.165) is 18.5 Å². The van der Waals surface area contributed by atoms with Crippen molar-refractivity contribution in [2.75, 3.05) is 6.54 Å². The van der Waals surface area contributed by atoms with Crippen LogP contribution in [0.15, 0.2) is 35.7 Å². The summed E-state index contributed by atoms with van der Waals surface area (Å²) in [5.74, 6) is -0.177. The zero-order valence-corrected chi connectivity index (χ0v) is 13.1. The first-order valence-electron chi connectivity index (χ1n) is 5.90. The highest BCUT2D eigenvalue weighted by atomic mass is 127. The van der Waals surface area contributed by atoms with Crippen LogP contribution in [0.25, 0.3) is 0 Å². The highest BCUT2D eigenvalue weighted by molar-refractivity contribution is 14.1. The summed E-state index contributed by atoms with van der Waals surface area (Å²) in [7, 11) is 0. The van der Waals surface area contributed by atoms with Crippen molar-refractivity contribution in [2.24, 2.45) is 0 Å². The predicted octanol–water partition coefficient (Wildman–Crippen LogP) is 4.39. The minimum Gasteiger partial charge on any atom is -0.310 e. The lowest BCUT2D eigenvalue weighted by Crippen LogP contribution is -2.22. The summed E-state index contributed by atoms with van der Waals surface area (Å²) in [6.07, 6.45) is 0.890. The van der Waals surface area contributed by atoms with Gasteiger partial charge in [0.05, 0.1) is 2.88 Å². The van der Waals surface area contributed by atoms with E-state index < -0.39 is 0 Å². The number of hydrogen-bond acceptors (Lipinski definition) is 2. The molecular formula is C14H15FINS. The molecule has 1 aromatic carbocycles. The van der Waals surface area contributed by atoms with Crippen LogP contribution in [0.3, 0.4) is 0 Å². The van der Waals surface area contributed by atoms with Crippen LogP contribution in [0.4, 0.5) is 4.39 Å². The number of hydrogen-bond donors (Lipinski definition) is 1. The first-order valence-corrected chi connectivity index (χ1v) is 7.86. The van der Waals surface area contributed by atoms with E-state index in [4.69, 9.17) is 0 Å². The van der Waals surface area contributed by atoms with Gasteiger partial charge in [0, 0.05) is 6.04 Å². The van der Waals surface area contributed by atoms with Crippen molar-refractivity contribution in [1.29, 1.82) is 0 Å². The van der Waals surface area contributed by atoms with Crippen molar-refractivity contribution in [3.63, 3.8) is 0 Å². The minimum atomic E-state index is -0.177. The maximum absolute atomic E-state index is 12.9. The van der Waals surface area contributed by atoms with Crippen LogP contribution in [-0.2, 0) is 6.42 Å². The second-order valence-electron chi connectivity index (χ2n) is 4.13. The third-order valence-electron chi connectivity index (χ3n) is 2.79. The van der Waals surface area contributed by atoms with Crippen LogP contribution in [0, 0.1) is 8.70 Å². The molecule has 1 atom stereocenters. The number of thiophene rings is 1. The van der Waals surface area contributed by atoms with Gasteiger partial charge in [0.25, 0.3) is 0 Å². The van der Waals surface area contributed by atoms with Gasteiger partial charge >= 0.3 is 0 Å². The Kier molecular flexibility index (Phi) is 5.14. The van der Waals surface area contributed by atoms with E-state index in [9.17, 15) is 4.39 Å². The molecule has 0 aliphatic rings. The Hall–Kier alpha value is -0.460. The third kappa shape index (κ3) is 3.76. The van der Waals surface area contributed by atoms with Crippen molar-refractivity contribution >= 4 is 33.9 Å². The Balaban J connectivity index is 2.13. The molecule has 0 aliphatic carbocycles. The molecule has 1 heterocycles. The van der Waals surface area contributed by atoms with Gasteiger partial charge in [-0.15, -0.1) is 11.3 Å². The number of benzene rings is 1. The minimum absolute atomic E-state index is 0.177. The molecule has 0 aliphatic heterocycles. The van der Waals surface area contributed by atoms with Gasteiger partial charge in [-0.2, -0.15) is 0 Å². The van der Waals surface area contributed by atoms with Crippen molar-refractivity contribution < 1.29 is 4.39 Å². The Morgan fingerprint density at radius 1 is 1.33 bits per heavy atom. The summed E-state index contributed by atoms with van der Waals surface area (Å²) in [6, 6.07) is 9.28. The molecule has 0 radical (unpaired) electrons. The summed E-state index contributed by atoms with van der Waals surface area (Å²) in [5, 5.41) is 5.68. The number of rotatable bonds is 5. The molecule has 2 aromatic rings. The Labute approximate surface area is 125 Å². The van der Waals surface area contributed by atoms with Gasteiger partial charge in [0.2, 0.25) is 0 Å². The molecular weight excluding hydrogens is 360 g/mol. The molecule has 1 aromatic heterocycles. The van der Waals surface area contributed by atoms with Crippen molar-refractivity contribution in [1.82, 2.24) is 5.32 Å². The van der Waals surface area contributed by atoms with Crippen LogP contribution >= 0.6 is 33.9 Å². The maximum atomic E-state index is 12.9. The second kappa shape index (κ2) is 6.63. The quantitative estimate of drug-likeness (QED) is 0.765. The largest absolute Gasteiger partial charge is 0.310 e. The Morgan fingerprint density at radius 3 is 2.61 bits per heavy atom. The zero-order valence-electron chi connectivity index (χ0n) is 10.1. The van der Waals surface area contributed by atoms with Crippen LogP contribution in [0.2, 0.25) is 0 Å². The predicted molar refractivity (Wildman–Crippen MR) is 83.6 cm³/mol. The fourth-order valence-electron chi connectivity index (χ4n) is 1.92. The molecule has 1 N–H and O–H groups in total. The van der Waals surface area contributed by atoms with Gasteiger partial charge in [-0.05, 0) is 70.3 Å². The lowest BCUT2D eigenvalue weighted by molar-refractivity contribution is 0.550. The third-order valence-corrected chi connectivity index (χ3v) is 4.60. The first-order chi connectivity index (χ1) is 8.69. The monoisotopic (exact) mass is 375 g/mol. The van der Waals surface area contributed by atoms with Gasteiger partial charge in [0.1, 0.15) is 5.82 Å². The second-order valence-corrected chi connectivity index (χ2v) is 6.93. The normalized spacial score (nSPS) is 12.6. The van der Waals surface area contributed by atoms with Crippen molar-refractivity contribution in [3.8, 4) is 0 Å². The topological polar surface area (TPSA) is 12.0 Å². The van der Waals surface area contributed by atoms with Crippen LogP contribution < -0.4 is 5.32 Å². The van der Waals surface area contributed by atoms with Gasteiger partial charge in [0.15, 0.2) is 0 Å². The Bertz CT molecular complexity index is 495. The molecule has 0 saturated carbocycles. The smallest absolute Gasteiger partial charge is 0.123 e. The van der Waals surface area contributed by atoms with E-state index >= 15 is 0 Å². The number of nitrogens with one attached hydrogen (secondary N) is 1. The molecule has 0 bridgehead atoms. The van der Waals surface area contributed by atoms with E-state index in [0.29, 0.717) is 6.04 Å². The van der Waals surface area contributed by atoms with Crippen LogP contribution in [0.5, 0.6) is 0 Å². The molecule has 2 rings (SSSR count). The average molecular weight is 375 g/mol. The van der Waals surface area contributed by atoms with Crippen LogP contribution in [-0.4, -0.2) is 6.54 Å². The molecule has 1 nitrogen and oxygen atoms in total. The average Bonchev–Trinajstić information content (AvgIpc) is 2.78. The standard InChI is InChI=1S/C14H15FINS/c1-2-17-13(11-8-14(16)18-9-11)7-10-3-5-12(15)6-4-10/h3-6,8-9,13,17H,2,7H2,1H3. The fourth-order valence-corrected chi connectivity index (χ4v) is 3.34. The van der Waals surface area contributed by atoms with Gasteiger partial charge in [-0.25, -0.2) is 4.39 Å². The fraction of sp³-hybridized carbons (Fsp3) is 0.286. The van der Waals surface area contributed by atoms with Crippen molar-refractivity contribution in [3.05, 3.63) is 55.5 Å². The van der Waals surface area contributed by atoms with Gasteiger partial charge in [-0.3, -0.25) is 0 Å². The van der Waals surface area contributed by atoms with E-state index in [1.165, 1.54) is 20.6 Å². The number of halogens is 2. The zero-order chi connectivity index (χ0) is 13.0. The molecule has 18 heavy (non-hydrogen) atoms. The molecule has 1 unspecified atom stereocenters. The lowest BCUT2D eigenvalue weighted by atomic mass is 10.0. The maximum Gasteiger partial charge on any atom is 0.123 e. The molecule has 0 saturated heterocycles. The Morgan fingerprint density at radius 2 is 2.06 bits per heavy atom. The van der Waals surface area contributed by atoms with E-state index in [1.54, 1.807) is 11.3 Å². The highest BCUT2D eigenvalue weighted by Gasteiger charge is 2.12. The summed E-state index contributed by atoms with van der Waals surface area (Å²) < 4.78 is 14.2. The highest BCUT2D eigenvalue weighted by Crippen LogP contribution is 2.25. The SMILES string of the molecule is CCNC(Cc1ccc(F)cc1)c1csc(I)c1. The van der Waals surface area contributed by atoms with Gasteiger partial charge in [-0.1, -0.05) is 19.1 Å². The van der Waals surface area contributed by atoms with Gasteiger partial charge < -0.3 is 5.32 Å². The summed E-state index contributed by atoms with van der Waals surface area (Å²) in [4.78, 5) is 0. The first kappa shape index (κ1) is 14.0. The molecule has 0 spiro atoms. The van der Waals surface area contributed by atoms with E-state index in [2.05, 4.69) is 46.3 Å². The molecule has 4 heteroatoms. The lowest BCUT2D eigenvalue weighted by Gasteiger charge is -2.16. The summed E-state index contributed by atoms with van der Waals surface area (Å²) in [6.45, 7) is 3.04. The van der Waals surface area contributed by atoms with Crippen LogP contribution in [0.1, 0.15) is 24.1 Å². The summed E-state index contributed by atoms with van der Waals surface area (Å²) >= 11 is 4.10. The van der Waals surface area contributed by atoms with E-state index in [1.807, 2.05) is 12.1 Å². The molecule has 0 amide bonds. The summed E-state index contributed by atoms with van der Waals surface area (Å²) in [5.41, 5.74) is 2.47.